The van der Waals surface area contributed by atoms with Crippen molar-refractivity contribution < 1.29 is 19.1 Å². The minimum atomic E-state index is -0.241. The normalized spacial score (nSPS) is 13.1. The lowest BCUT2D eigenvalue weighted by Gasteiger charge is -2.14. The fourth-order valence-corrected chi connectivity index (χ4v) is 2.85. The van der Waals surface area contributed by atoms with Gasteiger partial charge in [0.25, 0.3) is 11.8 Å². The average Bonchev–Trinajstić information content (AvgIpc) is 2.84. The van der Waals surface area contributed by atoms with Crippen LogP contribution >= 0.6 is 0 Å². The molecule has 2 aromatic rings. The third-order valence-electron chi connectivity index (χ3n) is 4.05. The first-order valence-electron chi connectivity index (χ1n) is 8.22. The number of fused-ring (bicyclic) bond motifs is 1. The van der Waals surface area contributed by atoms with E-state index in [9.17, 15) is 14.4 Å². The van der Waals surface area contributed by atoms with Gasteiger partial charge in [-0.2, -0.15) is 0 Å². The Morgan fingerprint density at radius 1 is 0.960 bits per heavy atom. The van der Waals surface area contributed by atoms with Crippen LogP contribution < -0.4 is 4.74 Å². The summed E-state index contributed by atoms with van der Waals surface area (Å²) < 4.78 is 5.64. The second-order valence-electron chi connectivity index (χ2n) is 6.03. The molecule has 25 heavy (non-hydrogen) atoms. The van der Waals surface area contributed by atoms with Gasteiger partial charge in [-0.05, 0) is 43.2 Å². The molecular formula is C20H19NO4. The lowest BCUT2D eigenvalue weighted by molar-refractivity contribution is -0.116. The van der Waals surface area contributed by atoms with E-state index in [0.717, 1.165) is 5.56 Å². The van der Waals surface area contributed by atoms with Crippen molar-refractivity contribution in [2.75, 3.05) is 13.2 Å². The molecule has 0 radical (unpaired) electrons. The third-order valence-corrected chi connectivity index (χ3v) is 4.05. The summed E-state index contributed by atoms with van der Waals surface area (Å²) >= 11 is 0. The second-order valence-corrected chi connectivity index (χ2v) is 6.03. The van der Waals surface area contributed by atoms with E-state index in [4.69, 9.17) is 4.74 Å². The Balaban J connectivity index is 1.49. The molecule has 5 nitrogen and oxygen atoms in total. The summed E-state index contributed by atoms with van der Waals surface area (Å²) in [6.45, 7) is 2.29. The van der Waals surface area contributed by atoms with Crippen LogP contribution in [0.3, 0.4) is 0 Å². The van der Waals surface area contributed by atoms with Gasteiger partial charge in [-0.25, -0.2) is 0 Å². The van der Waals surface area contributed by atoms with E-state index < -0.39 is 0 Å². The maximum atomic E-state index is 12.2. The van der Waals surface area contributed by atoms with Crippen LogP contribution in [0.4, 0.5) is 0 Å². The third kappa shape index (κ3) is 3.76. The number of carbonyl (C=O) groups excluding carboxylic acids is 3. The number of amides is 2. The van der Waals surface area contributed by atoms with Gasteiger partial charge in [-0.15, -0.1) is 0 Å². The summed E-state index contributed by atoms with van der Waals surface area (Å²) in [7, 11) is 0. The minimum Gasteiger partial charge on any atom is -0.494 e. The molecule has 2 aromatic carbocycles. The molecule has 5 heteroatoms. The van der Waals surface area contributed by atoms with E-state index >= 15 is 0 Å². The van der Waals surface area contributed by atoms with Crippen LogP contribution in [0.25, 0.3) is 0 Å². The van der Waals surface area contributed by atoms with E-state index in [0.29, 0.717) is 42.9 Å². The number of ketones is 1. The number of benzene rings is 2. The van der Waals surface area contributed by atoms with Crippen LogP contribution in [0.1, 0.15) is 39.6 Å². The maximum absolute atomic E-state index is 12.2. The van der Waals surface area contributed by atoms with Crippen molar-refractivity contribution in [1.82, 2.24) is 4.90 Å². The zero-order chi connectivity index (χ0) is 17.8. The van der Waals surface area contributed by atoms with Gasteiger partial charge in [0, 0.05) is 13.0 Å². The average molecular weight is 337 g/mol. The van der Waals surface area contributed by atoms with Crippen molar-refractivity contribution in [3.05, 3.63) is 65.2 Å². The molecule has 0 aromatic heterocycles. The molecule has 0 saturated heterocycles. The first kappa shape index (κ1) is 16.9. The number of rotatable bonds is 7. The minimum absolute atomic E-state index is 0.120. The van der Waals surface area contributed by atoms with Crippen molar-refractivity contribution in [2.24, 2.45) is 0 Å². The van der Waals surface area contributed by atoms with E-state index in [1.807, 2.05) is 24.3 Å². The molecule has 0 saturated carbocycles. The first-order valence-corrected chi connectivity index (χ1v) is 8.22. The summed E-state index contributed by atoms with van der Waals surface area (Å²) in [5.74, 6) is 0.340. The highest BCUT2D eigenvalue weighted by molar-refractivity contribution is 6.21. The summed E-state index contributed by atoms with van der Waals surface area (Å²) in [4.78, 5) is 36.8. The van der Waals surface area contributed by atoms with Gasteiger partial charge in [-0.3, -0.25) is 19.3 Å². The molecule has 1 aliphatic rings. The van der Waals surface area contributed by atoms with Gasteiger partial charge in [0.1, 0.15) is 11.5 Å². The van der Waals surface area contributed by atoms with E-state index in [1.54, 1.807) is 31.2 Å². The monoisotopic (exact) mass is 337 g/mol. The lowest BCUT2D eigenvalue weighted by Crippen LogP contribution is -2.31. The first-order chi connectivity index (χ1) is 12.1. The fraction of sp³-hybridized carbons (Fsp3) is 0.250. The Hall–Kier alpha value is -2.95. The Bertz CT molecular complexity index is 776. The second kappa shape index (κ2) is 7.30. The SMILES string of the molecule is CC(=O)Cc1ccc(OCCCN2C(=O)c3ccccc3C2=O)cc1. The molecule has 0 unspecified atom stereocenters. The van der Waals surface area contributed by atoms with Crippen molar-refractivity contribution in [3.63, 3.8) is 0 Å². The van der Waals surface area contributed by atoms with Gasteiger partial charge >= 0.3 is 0 Å². The van der Waals surface area contributed by atoms with Crippen molar-refractivity contribution in [1.29, 1.82) is 0 Å². The summed E-state index contributed by atoms with van der Waals surface area (Å²) in [6, 6.07) is 14.2. The zero-order valence-electron chi connectivity index (χ0n) is 14.0. The number of hydrogen-bond donors (Lipinski definition) is 0. The van der Waals surface area contributed by atoms with Crippen molar-refractivity contribution in [2.45, 2.75) is 19.8 Å². The number of nitrogens with zero attached hydrogens (tertiary/aromatic N) is 1. The quantitative estimate of drug-likeness (QED) is 0.576. The predicted octanol–water partition coefficient (Wildman–Crippen LogP) is 2.88. The van der Waals surface area contributed by atoms with Crippen molar-refractivity contribution in [3.8, 4) is 5.75 Å². The summed E-state index contributed by atoms with van der Waals surface area (Å²) in [6.07, 6.45) is 0.973. The lowest BCUT2D eigenvalue weighted by atomic mass is 10.1. The van der Waals surface area contributed by atoms with Gasteiger partial charge in [0.15, 0.2) is 0 Å². The Kier molecular flexibility index (Phi) is 4.93. The van der Waals surface area contributed by atoms with E-state index in [-0.39, 0.29) is 17.6 Å². The molecule has 128 valence electrons. The molecule has 0 aliphatic carbocycles. The van der Waals surface area contributed by atoms with E-state index in [1.165, 1.54) is 4.90 Å². The maximum Gasteiger partial charge on any atom is 0.261 e. The van der Waals surface area contributed by atoms with Gasteiger partial charge in [0.2, 0.25) is 0 Å². The number of carbonyl (C=O) groups is 3. The number of hydrogen-bond acceptors (Lipinski definition) is 4. The van der Waals surface area contributed by atoms with Crippen LogP contribution in [0.5, 0.6) is 5.75 Å². The van der Waals surface area contributed by atoms with Crippen LogP contribution in [-0.2, 0) is 11.2 Å². The molecule has 1 heterocycles. The molecule has 3 rings (SSSR count). The van der Waals surface area contributed by atoms with E-state index in [2.05, 4.69) is 0 Å². The molecule has 1 aliphatic heterocycles. The van der Waals surface area contributed by atoms with Crippen LogP contribution in [0.15, 0.2) is 48.5 Å². The van der Waals surface area contributed by atoms with Crippen molar-refractivity contribution >= 4 is 17.6 Å². The Morgan fingerprint density at radius 2 is 1.56 bits per heavy atom. The smallest absolute Gasteiger partial charge is 0.261 e. The zero-order valence-corrected chi connectivity index (χ0v) is 14.0. The Labute approximate surface area is 146 Å². The Morgan fingerprint density at radius 3 is 2.12 bits per heavy atom. The van der Waals surface area contributed by atoms with Gasteiger partial charge in [0.05, 0.1) is 17.7 Å². The topological polar surface area (TPSA) is 63.7 Å². The number of ether oxygens (including phenoxy) is 1. The number of imide groups is 1. The molecular weight excluding hydrogens is 318 g/mol. The standard InChI is InChI=1S/C20H19NO4/c1-14(22)13-15-7-9-16(10-8-15)25-12-4-11-21-19(23)17-5-2-3-6-18(17)20(21)24/h2-3,5-10H,4,11-13H2,1H3. The highest BCUT2D eigenvalue weighted by Crippen LogP contribution is 2.22. The summed E-state index contributed by atoms with van der Waals surface area (Å²) in [5, 5.41) is 0. The largest absolute Gasteiger partial charge is 0.494 e. The molecule has 0 spiro atoms. The van der Waals surface area contributed by atoms with Gasteiger partial charge in [-0.1, -0.05) is 24.3 Å². The predicted molar refractivity (Wildman–Crippen MR) is 92.7 cm³/mol. The molecule has 0 fully saturated rings. The molecule has 0 bridgehead atoms. The van der Waals surface area contributed by atoms with Crippen LogP contribution in [0, 0.1) is 0 Å². The van der Waals surface area contributed by atoms with Crippen LogP contribution in [-0.4, -0.2) is 35.6 Å². The molecule has 0 N–H and O–H groups in total. The van der Waals surface area contributed by atoms with Crippen LogP contribution in [0.2, 0.25) is 0 Å². The summed E-state index contributed by atoms with van der Waals surface area (Å²) in [5.41, 5.74) is 1.88. The highest BCUT2D eigenvalue weighted by atomic mass is 16.5. The molecule has 0 atom stereocenters. The highest BCUT2D eigenvalue weighted by Gasteiger charge is 2.34. The molecule has 2 amide bonds. The number of Topliss-reactive ketones (excluding diaryl/α,β-unsaturated/α-hetero) is 1. The van der Waals surface area contributed by atoms with Gasteiger partial charge < -0.3 is 4.74 Å². The fourth-order valence-electron chi connectivity index (χ4n) is 2.85.